The van der Waals surface area contributed by atoms with E-state index in [1.165, 1.54) is 6.42 Å². The number of ether oxygens (including phenoxy) is 3. The second-order valence-electron chi connectivity index (χ2n) is 8.48. The van der Waals surface area contributed by atoms with Crippen LogP contribution in [0.25, 0.3) is 0 Å². The van der Waals surface area contributed by atoms with Gasteiger partial charge in [0.2, 0.25) is 0 Å². The maximum atomic E-state index is 6.12. The lowest BCUT2D eigenvalue weighted by Crippen LogP contribution is -2.41. The van der Waals surface area contributed by atoms with E-state index in [1.54, 1.807) is 0 Å². The monoisotopic (exact) mass is 376 g/mol. The van der Waals surface area contributed by atoms with Gasteiger partial charge in [0.25, 0.3) is 0 Å². The molecule has 3 rings (SSSR count). The highest BCUT2D eigenvalue weighted by molar-refractivity contribution is 6.62. The van der Waals surface area contributed by atoms with Gasteiger partial charge in [0.15, 0.2) is 6.29 Å². The van der Waals surface area contributed by atoms with Crippen LogP contribution in [0.2, 0.25) is 0 Å². The molecule has 0 aliphatic carbocycles. The zero-order chi connectivity index (χ0) is 19.5. The Balaban J connectivity index is 1.46. The number of aryl methyl sites for hydroxylation is 1. The highest BCUT2D eigenvalue weighted by Crippen LogP contribution is 2.36. The van der Waals surface area contributed by atoms with E-state index < -0.39 is 0 Å². The molecule has 1 aromatic carbocycles. The zero-order valence-corrected chi connectivity index (χ0v) is 17.4. The van der Waals surface area contributed by atoms with Crippen LogP contribution in [-0.2, 0) is 18.8 Å². The lowest BCUT2D eigenvalue weighted by molar-refractivity contribution is -0.163. The first kappa shape index (κ1) is 20.7. The van der Waals surface area contributed by atoms with Crippen molar-refractivity contribution in [2.24, 2.45) is 0 Å². The van der Waals surface area contributed by atoms with Crippen LogP contribution in [0, 0.1) is 6.92 Å². The van der Waals surface area contributed by atoms with Crippen molar-refractivity contribution in [2.45, 2.75) is 77.8 Å². The highest BCUT2D eigenvalue weighted by atomic mass is 16.7. The molecule has 2 aliphatic heterocycles. The Hall–Kier alpha value is -1.08. The normalized spacial score (nSPS) is 24.2. The fourth-order valence-electron chi connectivity index (χ4n) is 3.26. The molecule has 0 radical (unpaired) electrons. The summed E-state index contributed by atoms with van der Waals surface area (Å²) in [6.07, 6.45) is 4.15. The van der Waals surface area contributed by atoms with Gasteiger partial charge in [0.05, 0.1) is 24.4 Å². The molecule has 1 aromatic rings. The summed E-state index contributed by atoms with van der Waals surface area (Å²) >= 11 is 0. The average Bonchev–Trinajstić information content (AvgIpc) is 2.84. The van der Waals surface area contributed by atoms with E-state index in [1.807, 2.05) is 12.1 Å². The van der Waals surface area contributed by atoms with Gasteiger partial charge < -0.3 is 23.5 Å². The van der Waals surface area contributed by atoms with Gasteiger partial charge in [-0.2, -0.15) is 0 Å². The first-order valence-corrected chi connectivity index (χ1v) is 10.1. The molecule has 150 valence electrons. The van der Waals surface area contributed by atoms with E-state index in [-0.39, 0.29) is 24.6 Å². The van der Waals surface area contributed by atoms with Gasteiger partial charge in [-0.3, -0.25) is 0 Å². The minimum absolute atomic E-state index is 0.0281. The first-order chi connectivity index (χ1) is 12.8. The van der Waals surface area contributed by atoms with Gasteiger partial charge in [-0.1, -0.05) is 12.1 Å². The molecule has 0 aromatic heterocycles. The minimum atomic E-state index is -0.341. The van der Waals surface area contributed by atoms with Crippen molar-refractivity contribution < 1.29 is 23.5 Å². The van der Waals surface area contributed by atoms with E-state index in [2.05, 4.69) is 40.7 Å². The summed E-state index contributed by atoms with van der Waals surface area (Å²) in [7, 11) is -0.341. The summed E-state index contributed by atoms with van der Waals surface area (Å²) in [5.41, 5.74) is 1.45. The number of benzene rings is 1. The number of rotatable bonds is 7. The Morgan fingerprint density at radius 1 is 1.07 bits per heavy atom. The van der Waals surface area contributed by atoms with Crippen molar-refractivity contribution in [1.82, 2.24) is 0 Å². The van der Waals surface area contributed by atoms with Crippen LogP contribution in [0.5, 0.6) is 5.75 Å². The topological polar surface area (TPSA) is 46.2 Å². The molecule has 6 heteroatoms. The van der Waals surface area contributed by atoms with Crippen molar-refractivity contribution in [3.8, 4) is 5.75 Å². The minimum Gasteiger partial charge on any atom is -0.493 e. The Morgan fingerprint density at radius 3 is 2.44 bits per heavy atom. The molecule has 0 bridgehead atoms. The van der Waals surface area contributed by atoms with Gasteiger partial charge in [0.1, 0.15) is 5.75 Å². The molecule has 5 nitrogen and oxygen atoms in total. The third-order valence-electron chi connectivity index (χ3n) is 5.71. The van der Waals surface area contributed by atoms with Crippen molar-refractivity contribution >= 4 is 12.6 Å². The number of hydrogen-bond donors (Lipinski definition) is 0. The Kier molecular flexibility index (Phi) is 6.52. The molecule has 2 fully saturated rings. The predicted molar refractivity (Wildman–Crippen MR) is 107 cm³/mol. The van der Waals surface area contributed by atoms with Crippen molar-refractivity contribution in [1.29, 1.82) is 0 Å². The van der Waals surface area contributed by atoms with Crippen molar-refractivity contribution in [3.05, 3.63) is 23.8 Å². The summed E-state index contributed by atoms with van der Waals surface area (Å²) in [5, 5.41) is 0. The molecule has 1 atom stereocenters. The summed E-state index contributed by atoms with van der Waals surface area (Å²) in [4.78, 5) is 0. The molecule has 2 heterocycles. The van der Waals surface area contributed by atoms with Crippen molar-refractivity contribution in [3.63, 3.8) is 0 Å². The smallest absolute Gasteiger partial charge is 0.493 e. The van der Waals surface area contributed by atoms with Crippen LogP contribution in [0.1, 0.15) is 58.9 Å². The fourth-order valence-corrected chi connectivity index (χ4v) is 3.26. The molecule has 2 saturated heterocycles. The van der Waals surface area contributed by atoms with E-state index in [0.29, 0.717) is 13.2 Å². The van der Waals surface area contributed by atoms with Crippen LogP contribution >= 0.6 is 0 Å². The van der Waals surface area contributed by atoms with Crippen LogP contribution < -0.4 is 10.2 Å². The molecule has 27 heavy (non-hydrogen) atoms. The molecule has 0 spiro atoms. The van der Waals surface area contributed by atoms with E-state index in [0.717, 1.165) is 42.6 Å². The molecule has 0 N–H and O–H groups in total. The SMILES string of the molecule is Cc1cc(B2OC(C)(C)C(C)(C)O2)ccc1OCCCOC1CCCCO1. The predicted octanol–water partition coefficient (Wildman–Crippen LogP) is 3.61. The third-order valence-corrected chi connectivity index (χ3v) is 5.71. The lowest BCUT2D eigenvalue weighted by Gasteiger charge is -2.32. The van der Waals surface area contributed by atoms with Gasteiger partial charge >= 0.3 is 7.12 Å². The maximum absolute atomic E-state index is 6.12. The summed E-state index contributed by atoms with van der Waals surface area (Å²) in [5.74, 6) is 0.893. The Morgan fingerprint density at radius 2 is 1.81 bits per heavy atom. The fraction of sp³-hybridized carbons (Fsp3) is 0.714. The first-order valence-electron chi connectivity index (χ1n) is 10.1. The third kappa shape index (κ3) is 5.05. The second-order valence-corrected chi connectivity index (χ2v) is 8.48. The standard InChI is InChI=1S/C21H33BO5/c1-16-15-17(22-26-20(2,3)21(4,5)27-22)10-11-18(16)23-13-8-14-25-19-9-6-7-12-24-19/h10-11,15,19H,6-9,12-14H2,1-5H3. The van der Waals surface area contributed by atoms with Gasteiger partial charge in [-0.25, -0.2) is 0 Å². The van der Waals surface area contributed by atoms with Gasteiger partial charge in [-0.15, -0.1) is 0 Å². The lowest BCUT2D eigenvalue weighted by atomic mass is 9.78. The summed E-state index contributed by atoms with van der Waals surface area (Å²) in [6.45, 7) is 12.4. The van der Waals surface area contributed by atoms with Crippen LogP contribution in [0.15, 0.2) is 18.2 Å². The summed E-state index contributed by atoms with van der Waals surface area (Å²) in [6, 6.07) is 6.11. The molecule has 1 unspecified atom stereocenters. The van der Waals surface area contributed by atoms with Crippen LogP contribution in [0.4, 0.5) is 0 Å². The molecular formula is C21H33BO5. The average molecular weight is 376 g/mol. The zero-order valence-electron chi connectivity index (χ0n) is 17.4. The molecular weight excluding hydrogens is 343 g/mol. The van der Waals surface area contributed by atoms with Gasteiger partial charge in [-0.05, 0) is 71.0 Å². The number of hydrogen-bond acceptors (Lipinski definition) is 5. The summed E-state index contributed by atoms with van der Waals surface area (Å²) < 4.78 is 29.5. The largest absolute Gasteiger partial charge is 0.494 e. The van der Waals surface area contributed by atoms with E-state index in [9.17, 15) is 0 Å². The second kappa shape index (κ2) is 8.52. The quantitative estimate of drug-likeness (QED) is 0.538. The van der Waals surface area contributed by atoms with Crippen molar-refractivity contribution in [2.75, 3.05) is 19.8 Å². The maximum Gasteiger partial charge on any atom is 0.494 e. The van der Waals surface area contributed by atoms with E-state index >= 15 is 0 Å². The molecule has 0 amide bonds. The molecule has 0 saturated carbocycles. The van der Waals surface area contributed by atoms with Gasteiger partial charge in [0, 0.05) is 13.0 Å². The Bertz CT molecular complexity index is 609. The van der Waals surface area contributed by atoms with E-state index in [4.69, 9.17) is 23.5 Å². The van der Waals surface area contributed by atoms with Crippen LogP contribution in [0.3, 0.4) is 0 Å². The highest BCUT2D eigenvalue weighted by Gasteiger charge is 2.51. The Labute approximate surface area is 163 Å². The van der Waals surface area contributed by atoms with Crippen LogP contribution in [-0.4, -0.2) is 44.4 Å². The molecule has 2 aliphatic rings.